The molecule has 0 bridgehead atoms. The van der Waals surface area contributed by atoms with Gasteiger partial charge in [0.1, 0.15) is 17.2 Å². The van der Waals surface area contributed by atoms with Gasteiger partial charge in [0.2, 0.25) is 12.5 Å². The van der Waals surface area contributed by atoms with Crippen LogP contribution in [0.25, 0.3) is 0 Å². The van der Waals surface area contributed by atoms with Gasteiger partial charge < -0.3 is 33.2 Å². The van der Waals surface area contributed by atoms with Crippen molar-refractivity contribution >= 4 is 12.1 Å². The summed E-state index contributed by atoms with van der Waals surface area (Å²) in [5.41, 5.74) is 3.04. The summed E-state index contributed by atoms with van der Waals surface area (Å²) in [7, 11) is 4.58. The number of rotatable bonds is 6. The highest BCUT2D eigenvalue weighted by atomic mass is 16.7. The minimum Gasteiger partial charge on any atom is -0.493 e. The lowest BCUT2D eigenvalue weighted by Gasteiger charge is -2.42. The Bertz CT molecular complexity index is 1390. The van der Waals surface area contributed by atoms with Gasteiger partial charge in [-0.15, -0.1) is 0 Å². The number of hydrogen-bond acceptors (Lipinski definition) is 9. The largest absolute Gasteiger partial charge is 0.493 e. The molecule has 10 nitrogen and oxygen atoms in total. The Morgan fingerprint density at radius 1 is 1.02 bits per heavy atom. The number of ether oxygens (including phenoxy) is 7. The first-order valence-corrected chi connectivity index (χ1v) is 14.1. The van der Waals surface area contributed by atoms with E-state index >= 15 is 0 Å². The van der Waals surface area contributed by atoms with Gasteiger partial charge in [-0.25, -0.2) is 9.59 Å². The molecule has 3 aliphatic heterocycles. The topological polar surface area (TPSA) is 102 Å². The zero-order chi connectivity index (χ0) is 29.1. The van der Waals surface area contributed by atoms with Crippen LogP contribution in [0.5, 0.6) is 28.7 Å². The average molecular weight is 568 g/mol. The number of nitrogens with zero attached hydrogens (tertiary/aromatic N) is 1. The third-order valence-electron chi connectivity index (χ3n) is 8.42. The lowest BCUT2D eigenvalue weighted by atomic mass is 9.76. The Balaban J connectivity index is 1.57. The van der Waals surface area contributed by atoms with E-state index in [1.807, 2.05) is 20.8 Å². The number of cyclic esters (lactones) is 1. The molecule has 1 amide bonds. The summed E-state index contributed by atoms with van der Waals surface area (Å²) in [6, 6.07) is 2.79. The maximum absolute atomic E-state index is 13.8. The van der Waals surface area contributed by atoms with E-state index in [0.29, 0.717) is 53.2 Å². The lowest BCUT2D eigenvalue weighted by Crippen LogP contribution is -2.45. The van der Waals surface area contributed by atoms with Crippen LogP contribution in [0.2, 0.25) is 0 Å². The van der Waals surface area contributed by atoms with Crippen LogP contribution in [0.3, 0.4) is 0 Å². The molecule has 41 heavy (non-hydrogen) atoms. The maximum atomic E-state index is 13.8. The van der Waals surface area contributed by atoms with Crippen LogP contribution in [0.4, 0.5) is 4.79 Å². The smallest absolute Gasteiger partial charge is 0.410 e. The summed E-state index contributed by atoms with van der Waals surface area (Å²) in [5.74, 6) is 2.44. The highest BCUT2D eigenvalue weighted by molar-refractivity contribution is 5.98. The van der Waals surface area contributed by atoms with Crippen LogP contribution in [0, 0.1) is 5.92 Å². The van der Waals surface area contributed by atoms with E-state index in [4.69, 9.17) is 33.2 Å². The quantitative estimate of drug-likeness (QED) is 0.417. The van der Waals surface area contributed by atoms with Crippen molar-refractivity contribution < 1.29 is 42.7 Å². The zero-order valence-corrected chi connectivity index (χ0v) is 24.5. The number of fused-ring (bicyclic) bond motifs is 3. The first-order chi connectivity index (χ1) is 19.7. The molecule has 2 aromatic rings. The van der Waals surface area contributed by atoms with Crippen LogP contribution >= 0.6 is 0 Å². The monoisotopic (exact) mass is 567 g/mol. The van der Waals surface area contributed by atoms with E-state index in [0.717, 1.165) is 23.1 Å². The third-order valence-corrected chi connectivity index (χ3v) is 8.42. The minimum atomic E-state index is -0.852. The molecule has 1 aliphatic carbocycles. The number of carbonyl (C=O) groups excluding carboxylic acids is 2. The molecule has 10 heteroatoms. The number of benzene rings is 2. The maximum Gasteiger partial charge on any atom is 0.410 e. The molecule has 2 atom stereocenters. The van der Waals surface area contributed by atoms with E-state index < -0.39 is 29.8 Å². The van der Waals surface area contributed by atoms with Gasteiger partial charge >= 0.3 is 12.1 Å². The number of carbonyl (C=O) groups is 2. The summed E-state index contributed by atoms with van der Waals surface area (Å²) in [5, 5.41) is 0. The minimum absolute atomic E-state index is 0.0882. The summed E-state index contributed by atoms with van der Waals surface area (Å²) in [4.78, 5) is 28.8. The second-order valence-corrected chi connectivity index (χ2v) is 11.9. The van der Waals surface area contributed by atoms with Crippen molar-refractivity contribution in [2.45, 2.75) is 70.6 Å². The average Bonchev–Trinajstić information content (AvgIpc) is 3.52. The van der Waals surface area contributed by atoms with Crippen molar-refractivity contribution in [1.29, 1.82) is 0 Å². The molecule has 0 radical (unpaired) electrons. The third kappa shape index (κ3) is 4.48. The Labute approximate surface area is 239 Å². The predicted octanol–water partition coefficient (Wildman–Crippen LogP) is 5.53. The molecule has 220 valence electrons. The molecule has 6 rings (SSSR count). The van der Waals surface area contributed by atoms with E-state index in [-0.39, 0.29) is 12.4 Å². The Kier molecular flexibility index (Phi) is 6.82. The van der Waals surface area contributed by atoms with Crippen LogP contribution < -0.4 is 23.7 Å². The molecule has 0 saturated heterocycles. The first kappa shape index (κ1) is 27.4. The molecular formula is C31H37NO9. The van der Waals surface area contributed by atoms with E-state index in [1.165, 1.54) is 33.5 Å². The number of hydrogen-bond donors (Lipinski definition) is 0. The van der Waals surface area contributed by atoms with Crippen LogP contribution in [-0.2, 0) is 22.3 Å². The highest BCUT2D eigenvalue weighted by Crippen LogP contribution is 2.58. The lowest BCUT2D eigenvalue weighted by molar-refractivity contribution is -0.0195. The highest BCUT2D eigenvalue weighted by Gasteiger charge is 2.50. The van der Waals surface area contributed by atoms with Crippen molar-refractivity contribution in [2.75, 3.05) is 34.7 Å². The molecular weight excluding hydrogens is 530 g/mol. The summed E-state index contributed by atoms with van der Waals surface area (Å²) >= 11 is 0. The van der Waals surface area contributed by atoms with Gasteiger partial charge in [-0.3, -0.25) is 4.90 Å². The normalized spacial score (nSPS) is 21.0. The van der Waals surface area contributed by atoms with Crippen molar-refractivity contribution in [1.82, 2.24) is 4.90 Å². The predicted molar refractivity (Wildman–Crippen MR) is 147 cm³/mol. The Morgan fingerprint density at radius 2 is 1.76 bits per heavy atom. The van der Waals surface area contributed by atoms with Crippen LogP contribution in [0.1, 0.15) is 84.8 Å². The first-order valence-electron chi connectivity index (χ1n) is 14.1. The van der Waals surface area contributed by atoms with E-state index in [2.05, 4.69) is 0 Å². The fraction of sp³-hybridized carbons (Fsp3) is 0.548. The molecule has 1 fully saturated rings. The van der Waals surface area contributed by atoms with Gasteiger partial charge in [0.15, 0.2) is 29.1 Å². The van der Waals surface area contributed by atoms with Gasteiger partial charge in [0.05, 0.1) is 21.3 Å². The fourth-order valence-corrected chi connectivity index (χ4v) is 6.46. The van der Waals surface area contributed by atoms with Gasteiger partial charge in [0.25, 0.3) is 0 Å². The second-order valence-electron chi connectivity index (χ2n) is 11.9. The van der Waals surface area contributed by atoms with Crippen molar-refractivity contribution in [3.05, 3.63) is 39.9 Å². The number of amides is 1. The molecule has 3 heterocycles. The molecule has 0 unspecified atom stereocenters. The summed E-state index contributed by atoms with van der Waals surface area (Å²) < 4.78 is 41.0. The molecule has 0 N–H and O–H groups in total. The second kappa shape index (κ2) is 10.2. The molecule has 1 saturated carbocycles. The van der Waals surface area contributed by atoms with Crippen LogP contribution in [0.15, 0.2) is 12.1 Å². The summed E-state index contributed by atoms with van der Waals surface area (Å²) in [6.07, 6.45) is 3.62. The fourth-order valence-electron chi connectivity index (χ4n) is 6.46. The van der Waals surface area contributed by atoms with Gasteiger partial charge in [-0.1, -0.05) is 25.3 Å². The Hall–Kier alpha value is -3.82. The standard InChI is InChI=1S/C31H37NO9/c1-31(2,3)41-30(34)32-13-12-17-19(14-16-8-7-9-16)25-28(39-15-38-25)27(37-6)21(17)23(32)24-18-10-11-20(35-4)26(36-5)22(18)29(33)40-24/h10-11,16,23-24H,7-9,12-15H2,1-6H3/t23-,24+/m1/s1. The van der Waals surface area contributed by atoms with Gasteiger partial charge in [-0.2, -0.15) is 0 Å². The molecule has 0 aromatic heterocycles. The van der Waals surface area contributed by atoms with E-state index in [9.17, 15) is 9.59 Å². The summed E-state index contributed by atoms with van der Waals surface area (Å²) in [6.45, 7) is 5.94. The van der Waals surface area contributed by atoms with Crippen molar-refractivity contribution in [3.8, 4) is 28.7 Å². The van der Waals surface area contributed by atoms with Crippen LogP contribution in [-0.4, -0.2) is 57.2 Å². The van der Waals surface area contributed by atoms with E-state index in [1.54, 1.807) is 24.1 Å². The number of esters is 1. The molecule has 0 spiro atoms. The van der Waals surface area contributed by atoms with Gasteiger partial charge in [0, 0.05) is 23.2 Å². The molecule has 2 aromatic carbocycles. The Morgan fingerprint density at radius 3 is 2.39 bits per heavy atom. The zero-order valence-electron chi connectivity index (χ0n) is 24.5. The molecule has 4 aliphatic rings. The number of methoxy groups -OCH3 is 3. The van der Waals surface area contributed by atoms with Gasteiger partial charge in [-0.05, 0) is 51.2 Å². The van der Waals surface area contributed by atoms with Crippen molar-refractivity contribution in [2.24, 2.45) is 5.92 Å². The van der Waals surface area contributed by atoms with Crippen molar-refractivity contribution in [3.63, 3.8) is 0 Å². The SMILES string of the molecule is COc1ccc2c(c1OC)C(=O)O[C@@H]2[C@H]1c2c(c(CC3CCC3)c3c(c2OC)OCO3)CCN1C(=O)OC(C)(C)C.